The van der Waals surface area contributed by atoms with Crippen LogP contribution in [0.5, 0.6) is 0 Å². The minimum atomic E-state index is -0.703. The van der Waals surface area contributed by atoms with Gasteiger partial charge in [-0.2, -0.15) is 0 Å². The molecular formula is C16H24N2O4. The van der Waals surface area contributed by atoms with E-state index in [0.29, 0.717) is 18.0 Å². The number of nitrogens with zero attached hydrogens (tertiary/aromatic N) is 2. The summed E-state index contributed by atoms with van der Waals surface area (Å²) in [7, 11) is 0. The van der Waals surface area contributed by atoms with Crippen LogP contribution >= 0.6 is 0 Å². The highest BCUT2D eigenvalue weighted by molar-refractivity contribution is 5.35. The Labute approximate surface area is 130 Å². The highest BCUT2D eigenvalue weighted by Crippen LogP contribution is 2.23. The van der Waals surface area contributed by atoms with Gasteiger partial charge in [-0.25, -0.2) is 0 Å². The number of nitro groups is 1. The molecule has 122 valence electrons. The second-order valence-corrected chi connectivity index (χ2v) is 5.80. The van der Waals surface area contributed by atoms with Crippen LogP contribution in [-0.4, -0.2) is 47.8 Å². The van der Waals surface area contributed by atoms with Gasteiger partial charge in [0.15, 0.2) is 0 Å². The van der Waals surface area contributed by atoms with Gasteiger partial charge in [-0.3, -0.25) is 10.1 Å². The Balaban J connectivity index is 1.92. The molecule has 1 N–H and O–H groups in total. The van der Waals surface area contributed by atoms with Crippen LogP contribution in [0, 0.1) is 16.0 Å². The number of hydrogen-bond donors (Lipinski definition) is 1. The van der Waals surface area contributed by atoms with Crippen molar-refractivity contribution in [2.45, 2.75) is 25.9 Å². The number of likely N-dealkylation sites (tertiary alicyclic amines) is 1. The Kier molecular flexibility index (Phi) is 6.30. The molecule has 0 aliphatic carbocycles. The number of piperidine rings is 1. The van der Waals surface area contributed by atoms with Crippen LogP contribution in [0.4, 0.5) is 5.69 Å². The molecule has 1 fully saturated rings. The zero-order valence-corrected chi connectivity index (χ0v) is 13.0. The van der Waals surface area contributed by atoms with Gasteiger partial charge in [0.25, 0.3) is 5.69 Å². The molecule has 2 rings (SSSR count). The number of β-amino-alcohol motifs (C(OH)–C–C–N with tert-alkyl or cyclic N) is 1. The highest BCUT2D eigenvalue weighted by Gasteiger charge is 2.23. The largest absolute Gasteiger partial charge is 0.387 e. The molecule has 2 atom stereocenters. The molecule has 1 aromatic carbocycles. The molecule has 22 heavy (non-hydrogen) atoms. The van der Waals surface area contributed by atoms with Crippen LogP contribution in [0.1, 0.15) is 31.4 Å². The average Bonchev–Trinajstić information content (AvgIpc) is 2.53. The smallest absolute Gasteiger partial charge is 0.269 e. The summed E-state index contributed by atoms with van der Waals surface area (Å²) in [4.78, 5) is 12.6. The number of aliphatic hydroxyl groups is 1. The topological polar surface area (TPSA) is 75.8 Å². The van der Waals surface area contributed by atoms with Crippen molar-refractivity contribution >= 4 is 5.69 Å². The molecule has 1 saturated heterocycles. The number of non-ortho nitro benzene ring substituents is 1. The van der Waals surface area contributed by atoms with Gasteiger partial charge in [-0.05, 0) is 37.8 Å². The maximum absolute atomic E-state index is 10.8. The Bertz CT molecular complexity index is 495. The van der Waals surface area contributed by atoms with Crippen LogP contribution in [0.3, 0.4) is 0 Å². The van der Waals surface area contributed by atoms with Gasteiger partial charge in [0.1, 0.15) is 0 Å². The molecule has 6 nitrogen and oxygen atoms in total. The summed E-state index contributed by atoms with van der Waals surface area (Å²) in [6.45, 7) is 5.85. The van der Waals surface area contributed by atoms with Crippen molar-refractivity contribution in [3.05, 3.63) is 39.9 Å². The second-order valence-electron chi connectivity index (χ2n) is 5.80. The summed E-state index contributed by atoms with van der Waals surface area (Å²) < 4.78 is 5.49. The van der Waals surface area contributed by atoms with E-state index in [1.807, 2.05) is 6.92 Å². The third kappa shape index (κ3) is 4.76. The van der Waals surface area contributed by atoms with Crippen molar-refractivity contribution in [1.29, 1.82) is 0 Å². The lowest BCUT2D eigenvalue weighted by molar-refractivity contribution is -0.385. The number of nitro benzene ring substituents is 1. The summed E-state index contributed by atoms with van der Waals surface area (Å²) in [5.41, 5.74) is 0.616. The first kappa shape index (κ1) is 16.9. The SMILES string of the molecule is CCOCC1CCCN(CC(O)c2cccc([N+](=O)[O-])c2)C1. The molecule has 1 aromatic rings. The van der Waals surface area contributed by atoms with Gasteiger partial charge in [0, 0.05) is 31.8 Å². The van der Waals surface area contributed by atoms with E-state index >= 15 is 0 Å². The van der Waals surface area contributed by atoms with E-state index in [4.69, 9.17) is 4.74 Å². The number of hydrogen-bond acceptors (Lipinski definition) is 5. The van der Waals surface area contributed by atoms with E-state index in [9.17, 15) is 15.2 Å². The van der Waals surface area contributed by atoms with Crippen molar-refractivity contribution in [2.75, 3.05) is 32.8 Å². The van der Waals surface area contributed by atoms with Crippen molar-refractivity contribution < 1.29 is 14.8 Å². The van der Waals surface area contributed by atoms with Gasteiger partial charge < -0.3 is 14.7 Å². The van der Waals surface area contributed by atoms with Crippen LogP contribution < -0.4 is 0 Å². The molecule has 1 aliphatic rings. The van der Waals surface area contributed by atoms with E-state index in [2.05, 4.69) is 4.90 Å². The van der Waals surface area contributed by atoms with Crippen LogP contribution in [-0.2, 0) is 4.74 Å². The fraction of sp³-hybridized carbons (Fsp3) is 0.625. The normalized spacial score (nSPS) is 20.7. The van der Waals surface area contributed by atoms with Crippen molar-refractivity contribution in [3.8, 4) is 0 Å². The standard InChI is InChI=1S/C16H24N2O4/c1-2-22-12-13-5-4-8-17(10-13)11-16(19)14-6-3-7-15(9-14)18(20)21/h3,6-7,9,13,16,19H,2,4-5,8,10-12H2,1H3. The number of benzene rings is 1. The zero-order valence-electron chi connectivity index (χ0n) is 13.0. The molecule has 0 saturated carbocycles. The molecule has 1 aliphatic heterocycles. The molecule has 0 aromatic heterocycles. The molecule has 0 radical (unpaired) electrons. The summed E-state index contributed by atoms with van der Waals surface area (Å²) in [5, 5.41) is 21.2. The first-order chi connectivity index (χ1) is 10.6. The van der Waals surface area contributed by atoms with Crippen molar-refractivity contribution in [2.24, 2.45) is 5.92 Å². The molecule has 2 unspecified atom stereocenters. The van der Waals surface area contributed by atoms with Gasteiger partial charge in [-0.1, -0.05) is 12.1 Å². The number of ether oxygens (including phenoxy) is 1. The molecule has 0 amide bonds. The molecule has 1 heterocycles. The van der Waals surface area contributed by atoms with Crippen LogP contribution in [0.15, 0.2) is 24.3 Å². The summed E-state index contributed by atoms with van der Waals surface area (Å²) >= 11 is 0. The van der Waals surface area contributed by atoms with E-state index in [0.717, 1.165) is 39.1 Å². The van der Waals surface area contributed by atoms with Gasteiger partial charge >= 0.3 is 0 Å². The van der Waals surface area contributed by atoms with Crippen molar-refractivity contribution in [1.82, 2.24) is 4.90 Å². The zero-order chi connectivity index (χ0) is 15.9. The maximum atomic E-state index is 10.8. The van der Waals surface area contributed by atoms with E-state index < -0.39 is 11.0 Å². The lowest BCUT2D eigenvalue weighted by atomic mass is 9.98. The van der Waals surface area contributed by atoms with Crippen LogP contribution in [0.2, 0.25) is 0 Å². The summed E-state index contributed by atoms with van der Waals surface area (Å²) in [6, 6.07) is 6.24. The average molecular weight is 308 g/mol. The van der Waals surface area contributed by atoms with Gasteiger partial charge in [-0.15, -0.1) is 0 Å². The predicted octanol–water partition coefficient (Wildman–Crippen LogP) is 2.38. The Hall–Kier alpha value is -1.50. The first-order valence-corrected chi connectivity index (χ1v) is 7.82. The maximum Gasteiger partial charge on any atom is 0.269 e. The summed E-state index contributed by atoms with van der Waals surface area (Å²) in [5.74, 6) is 0.506. The lowest BCUT2D eigenvalue weighted by Crippen LogP contribution is -2.39. The fourth-order valence-corrected chi connectivity index (χ4v) is 2.93. The highest BCUT2D eigenvalue weighted by atomic mass is 16.6. The Morgan fingerprint density at radius 3 is 3.09 bits per heavy atom. The predicted molar refractivity (Wildman–Crippen MR) is 83.7 cm³/mol. The van der Waals surface area contributed by atoms with Gasteiger partial charge in [0.05, 0.1) is 17.6 Å². The van der Waals surface area contributed by atoms with E-state index in [1.54, 1.807) is 12.1 Å². The minimum Gasteiger partial charge on any atom is -0.387 e. The fourth-order valence-electron chi connectivity index (χ4n) is 2.93. The molecule has 6 heteroatoms. The minimum absolute atomic E-state index is 0.0180. The third-order valence-electron chi connectivity index (χ3n) is 4.06. The van der Waals surface area contributed by atoms with Crippen LogP contribution in [0.25, 0.3) is 0 Å². The molecule has 0 bridgehead atoms. The Morgan fingerprint density at radius 2 is 2.36 bits per heavy atom. The number of rotatable bonds is 7. The monoisotopic (exact) mass is 308 g/mol. The molecular weight excluding hydrogens is 284 g/mol. The lowest BCUT2D eigenvalue weighted by Gasteiger charge is -2.33. The first-order valence-electron chi connectivity index (χ1n) is 7.82. The third-order valence-corrected chi connectivity index (χ3v) is 4.06. The van der Waals surface area contributed by atoms with E-state index in [1.165, 1.54) is 12.1 Å². The summed E-state index contributed by atoms with van der Waals surface area (Å²) in [6.07, 6.45) is 1.55. The number of aliphatic hydroxyl groups excluding tert-OH is 1. The van der Waals surface area contributed by atoms with Gasteiger partial charge in [0.2, 0.25) is 0 Å². The van der Waals surface area contributed by atoms with Crippen molar-refractivity contribution in [3.63, 3.8) is 0 Å². The molecule has 0 spiro atoms. The van der Waals surface area contributed by atoms with E-state index in [-0.39, 0.29) is 5.69 Å². The quantitative estimate of drug-likeness (QED) is 0.618. The Morgan fingerprint density at radius 1 is 1.55 bits per heavy atom. The second kappa shape index (κ2) is 8.22.